The van der Waals surface area contributed by atoms with Crippen LogP contribution in [0.4, 0.5) is 0 Å². The van der Waals surface area contributed by atoms with Crippen LogP contribution in [0, 0.1) is 0 Å². The van der Waals surface area contributed by atoms with Crippen LogP contribution in [-0.4, -0.2) is 43.4 Å². The van der Waals surface area contributed by atoms with Crippen molar-refractivity contribution in [2.75, 3.05) is 6.61 Å². The monoisotopic (exact) mass is 376 g/mol. The second-order valence-electron chi connectivity index (χ2n) is 4.73. The summed E-state index contributed by atoms with van der Waals surface area (Å²) in [4.78, 5) is 42.8. The molecule has 24 heavy (non-hydrogen) atoms. The Labute approximate surface area is 179 Å². The zero-order chi connectivity index (χ0) is 15.9. The van der Waals surface area contributed by atoms with E-state index in [1.807, 2.05) is 0 Å². The van der Waals surface area contributed by atoms with Crippen molar-refractivity contribution in [1.82, 2.24) is 19.5 Å². The molecule has 0 spiro atoms. The van der Waals surface area contributed by atoms with Gasteiger partial charge in [0.2, 0.25) is 0 Å². The first-order chi connectivity index (χ1) is 10.3. The number of fused-ring (bicyclic) bond motifs is 1. The Balaban J connectivity index is 0.00000144. The average Bonchev–Trinajstić information content (AvgIpc) is 3.00. The molecule has 0 bridgehead atoms. The number of aliphatic hydroxyl groups excluding tert-OH is 1. The third-order valence-corrected chi connectivity index (χ3v) is 3.74. The quantitative estimate of drug-likeness (QED) is 0.389. The van der Waals surface area contributed by atoms with Crippen LogP contribution >= 0.6 is 7.82 Å². The standard InChI is InChI=1S/C10H13N4O7P.2Na/c15-5-1-7(21-6(5)2-20-22(17,18)19)14-4-13-8-9(14)11-3-12-10(8)16;;/h3-7,15H,1-2H2,(H,11,12,16)(H2,17,18,19);;/q;2*+1/p-2/t5?,6-,7-;;/m1../s1. The Morgan fingerprint density at radius 2 is 2.17 bits per heavy atom. The minimum atomic E-state index is -5.14. The fourth-order valence-electron chi connectivity index (χ4n) is 2.27. The Bertz CT molecular complexity index is 793. The average molecular weight is 376 g/mol. The molecular formula is C10H11N4Na2O7P. The van der Waals surface area contributed by atoms with Crippen molar-refractivity contribution in [3.63, 3.8) is 0 Å². The first-order valence-corrected chi connectivity index (χ1v) is 7.71. The van der Waals surface area contributed by atoms with Gasteiger partial charge in [-0.05, 0) is 0 Å². The summed E-state index contributed by atoms with van der Waals surface area (Å²) >= 11 is 0. The molecule has 1 aliphatic heterocycles. The van der Waals surface area contributed by atoms with Gasteiger partial charge in [-0.1, -0.05) is 0 Å². The van der Waals surface area contributed by atoms with Crippen molar-refractivity contribution in [3.8, 4) is 0 Å². The van der Waals surface area contributed by atoms with Crippen LogP contribution in [0.5, 0.6) is 0 Å². The van der Waals surface area contributed by atoms with Crippen LogP contribution in [0.2, 0.25) is 0 Å². The number of rotatable bonds is 4. The number of nitrogens with zero attached hydrogens (tertiary/aromatic N) is 3. The third kappa shape index (κ3) is 4.97. The van der Waals surface area contributed by atoms with E-state index >= 15 is 0 Å². The Morgan fingerprint density at radius 1 is 1.46 bits per heavy atom. The van der Waals surface area contributed by atoms with E-state index in [0.717, 1.165) is 0 Å². The molecule has 0 radical (unpaired) electrons. The Hall–Kier alpha value is 0.380. The number of aromatic nitrogens is 4. The molecule has 1 fully saturated rings. The number of imidazole rings is 1. The Morgan fingerprint density at radius 3 is 2.83 bits per heavy atom. The topological polar surface area (TPSA) is 165 Å². The molecule has 0 aliphatic carbocycles. The number of phosphoric acid groups is 1. The maximum absolute atomic E-state index is 11.6. The molecule has 0 saturated carbocycles. The maximum Gasteiger partial charge on any atom is 1.00 e. The number of aromatic amines is 1. The molecule has 2 aromatic heterocycles. The first-order valence-electron chi connectivity index (χ1n) is 6.25. The molecule has 2 aromatic rings. The van der Waals surface area contributed by atoms with Gasteiger partial charge in [0, 0.05) is 6.42 Å². The van der Waals surface area contributed by atoms with Gasteiger partial charge in [0.15, 0.2) is 11.2 Å². The molecular weight excluding hydrogens is 365 g/mol. The van der Waals surface area contributed by atoms with Crippen LogP contribution in [0.3, 0.4) is 0 Å². The second-order valence-corrected chi connectivity index (χ2v) is 5.88. The van der Waals surface area contributed by atoms with Crippen LogP contribution < -0.4 is 74.5 Å². The van der Waals surface area contributed by atoms with Gasteiger partial charge in [0.05, 0.1) is 33.2 Å². The predicted molar refractivity (Wildman–Crippen MR) is 66.2 cm³/mol. The minimum absolute atomic E-state index is 0. The number of nitrogens with one attached hydrogen (secondary N) is 1. The number of phosphoric ester groups is 1. The van der Waals surface area contributed by atoms with Crippen molar-refractivity contribution < 1.29 is 87.8 Å². The van der Waals surface area contributed by atoms with Crippen molar-refractivity contribution >= 4 is 19.0 Å². The first kappa shape index (κ1) is 22.4. The van der Waals surface area contributed by atoms with Crippen LogP contribution in [0.15, 0.2) is 17.4 Å². The van der Waals surface area contributed by atoms with Crippen LogP contribution in [-0.2, 0) is 13.8 Å². The van der Waals surface area contributed by atoms with E-state index in [1.54, 1.807) is 0 Å². The van der Waals surface area contributed by atoms with E-state index in [-0.39, 0.29) is 76.7 Å². The molecule has 3 heterocycles. The van der Waals surface area contributed by atoms with Gasteiger partial charge >= 0.3 is 59.1 Å². The summed E-state index contributed by atoms with van der Waals surface area (Å²) in [7, 11) is -5.14. The normalized spacial score (nSPS) is 23.7. The van der Waals surface area contributed by atoms with Gasteiger partial charge < -0.3 is 33.7 Å². The molecule has 3 rings (SSSR count). The van der Waals surface area contributed by atoms with E-state index in [9.17, 15) is 24.3 Å². The van der Waals surface area contributed by atoms with E-state index in [0.29, 0.717) is 0 Å². The van der Waals surface area contributed by atoms with Crippen LogP contribution in [0.25, 0.3) is 11.2 Å². The molecule has 0 amide bonds. The predicted octanol–water partition coefficient (Wildman–Crippen LogP) is -8.38. The van der Waals surface area contributed by atoms with Gasteiger partial charge in [-0.25, -0.2) is 9.97 Å². The summed E-state index contributed by atoms with van der Waals surface area (Å²) in [6.45, 7) is -0.581. The summed E-state index contributed by atoms with van der Waals surface area (Å²) in [6.07, 6.45) is -0.0764. The molecule has 120 valence electrons. The van der Waals surface area contributed by atoms with Gasteiger partial charge in [0.1, 0.15) is 12.3 Å². The van der Waals surface area contributed by atoms with E-state index in [1.165, 1.54) is 17.2 Å². The molecule has 11 nitrogen and oxygen atoms in total. The Kier molecular flexibility index (Phi) is 8.27. The molecule has 0 aromatic carbocycles. The minimum Gasteiger partial charge on any atom is -0.790 e. The second kappa shape index (κ2) is 8.85. The van der Waals surface area contributed by atoms with Gasteiger partial charge in [-0.2, -0.15) is 0 Å². The number of ether oxygens (including phenoxy) is 1. The summed E-state index contributed by atoms with van der Waals surface area (Å²) in [5.41, 5.74) is -0.0365. The molecule has 1 saturated heterocycles. The van der Waals surface area contributed by atoms with E-state index in [4.69, 9.17) is 4.74 Å². The number of H-pyrrole nitrogens is 1. The van der Waals surface area contributed by atoms with Crippen molar-refractivity contribution in [3.05, 3.63) is 23.0 Å². The van der Waals surface area contributed by atoms with Gasteiger partial charge in [-0.15, -0.1) is 0 Å². The van der Waals surface area contributed by atoms with Gasteiger partial charge in [0.25, 0.3) is 5.56 Å². The zero-order valence-electron chi connectivity index (χ0n) is 13.0. The SMILES string of the molecule is O=c1[nH]cnc2c1ncn2[C@H]1CC(O)[C@@H](COP(=O)([O-])[O-])O1.[Na+].[Na+]. The number of hydrogen-bond donors (Lipinski definition) is 2. The maximum atomic E-state index is 11.6. The fraction of sp³-hybridized carbons (Fsp3) is 0.500. The molecule has 14 heteroatoms. The van der Waals surface area contributed by atoms with Crippen molar-refractivity contribution in [2.45, 2.75) is 24.9 Å². The molecule has 3 atom stereocenters. The molecule has 1 unspecified atom stereocenters. The molecule has 1 aliphatic rings. The van der Waals surface area contributed by atoms with Crippen LogP contribution in [0.1, 0.15) is 12.6 Å². The fourth-order valence-corrected chi connectivity index (χ4v) is 2.60. The van der Waals surface area contributed by atoms with Crippen molar-refractivity contribution in [1.29, 1.82) is 0 Å². The summed E-state index contributed by atoms with van der Waals surface area (Å²) in [6, 6.07) is 0. The van der Waals surface area contributed by atoms with E-state index in [2.05, 4.69) is 19.5 Å². The number of hydrogen-bond acceptors (Lipinski definition) is 9. The molecule has 2 N–H and O–H groups in total. The van der Waals surface area contributed by atoms with Gasteiger partial charge in [-0.3, -0.25) is 9.36 Å². The summed E-state index contributed by atoms with van der Waals surface area (Å²) in [5.74, 6) is 0. The largest absolute Gasteiger partial charge is 1.00 e. The zero-order valence-corrected chi connectivity index (χ0v) is 17.9. The summed E-state index contributed by atoms with van der Waals surface area (Å²) < 4.78 is 21.5. The van der Waals surface area contributed by atoms with E-state index < -0.39 is 38.4 Å². The van der Waals surface area contributed by atoms with Crippen molar-refractivity contribution in [2.24, 2.45) is 0 Å². The number of aliphatic hydroxyl groups is 1. The smallest absolute Gasteiger partial charge is 0.790 e. The third-order valence-electron chi connectivity index (χ3n) is 3.28. The summed E-state index contributed by atoms with van der Waals surface area (Å²) in [5, 5.41) is 9.86.